The molecule has 1 aromatic carbocycles. The maximum atomic E-state index is 11.3. The van der Waals surface area contributed by atoms with Crippen LogP contribution in [-0.4, -0.2) is 43.1 Å². The summed E-state index contributed by atoms with van der Waals surface area (Å²) in [7, 11) is -2.61. The molecule has 20 heavy (non-hydrogen) atoms. The average molecular weight is 286 g/mol. The Kier molecular flexibility index (Phi) is 2.40. The van der Waals surface area contributed by atoms with Crippen molar-refractivity contribution in [1.29, 1.82) is 0 Å². The summed E-state index contributed by atoms with van der Waals surface area (Å²) in [6.45, 7) is -6.11. The molecule has 1 aromatic rings. The molecule has 0 heterocycles. The summed E-state index contributed by atoms with van der Waals surface area (Å²) in [6, 6.07) is 5.96. The number of nitrogens with zero attached hydrogens (tertiary/aromatic N) is 1. The van der Waals surface area contributed by atoms with E-state index in [4.69, 9.17) is 17.1 Å². The van der Waals surface area contributed by atoms with Crippen LogP contribution in [0.1, 0.15) is 55.9 Å². The van der Waals surface area contributed by atoms with Crippen LogP contribution in [0, 0.1) is 0 Å². The quantitative estimate of drug-likeness (QED) is 0.903. The van der Waals surface area contributed by atoms with Crippen molar-refractivity contribution < 1.29 is 22.2 Å². The van der Waals surface area contributed by atoms with Crippen molar-refractivity contribution in [2.24, 2.45) is 0 Å². The number of rotatable bonds is 5. The standard InChI is InChI=1S/C17H27NO2/c1-18(2)13-16(17(19)11-5-4-6-12-17)14-7-9-15(20-3)10-8-14/h7-10,16,19H,4-6,11-13H2,1-3H3/i1D3,2D3,3D3. The summed E-state index contributed by atoms with van der Waals surface area (Å²) < 4.78 is 72.2. The largest absolute Gasteiger partial charge is 0.497 e. The third-order valence-electron chi connectivity index (χ3n) is 4.13. The van der Waals surface area contributed by atoms with Crippen LogP contribution in [0.2, 0.25) is 0 Å². The van der Waals surface area contributed by atoms with Crippen LogP contribution < -0.4 is 4.74 Å². The number of ether oxygens (including phenoxy) is 1. The van der Waals surface area contributed by atoms with Crippen LogP contribution in [0.4, 0.5) is 0 Å². The van der Waals surface area contributed by atoms with Gasteiger partial charge in [-0.15, -0.1) is 0 Å². The number of aliphatic hydroxyl groups is 1. The molecule has 0 saturated heterocycles. The second-order valence-corrected chi connectivity index (χ2v) is 5.50. The zero-order valence-corrected chi connectivity index (χ0v) is 11.4. The Morgan fingerprint density at radius 2 is 1.95 bits per heavy atom. The molecule has 1 N–H and O–H groups in total. The third-order valence-corrected chi connectivity index (χ3v) is 4.13. The first-order chi connectivity index (χ1) is 13.1. The Labute approximate surface area is 135 Å². The molecule has 0 bridgehead atoms. The van der Waals surface area contributed by atoms with Gasteiger partial charge in [0.1, 0.15) is 5.75 Å². The fourth-order valence-electron chi connectivity index (χ4n) is 3.05. The van der Waals surface area contributed by atoms with E-state index in [9.17, 15) is 5.11 Å². The molecule has 3 heteroatoms. The maximum Gasteiger partial charge on any atom is 0.118 e. The molecule has 0 radical (unpaired) electrons. The zero-order chi connectivity index (χ0) is 22.1. The number of benzene rings is 1. The molecule has 1 saturated carbocycles. The van der Waals surface area contributed by atoms with Crippen LogP contribution in [0.3, 0.4) is 0 Å². The smallest absolute Gasteiger partial charge is 0.118 e. The first kappa shape index (κ1) is 7.28. The second kappa shape index (κ2) is 6.59. The van der Waals surface area contributed by atoms with Crippen molar-refractivity contribution in [1.82, 2.24) is 4.90 Å². The zero-order valence-electron chi connectivity index (χ0n) is 20.4. The summed E-state index contributed by atoms with van der Waals surface area (Å²) in [4.78, 5) is 0.462. The van der Waals surface area contributed by atoms with Gasteiger partial charge in [-0.2, -0.15) is 0 Å². The summed E-state index contributed by atoms with van der Waals surface area (Å²) in [5.41, 5.74) is -0.717. The minimum Gasteiger partial charge on any atom is -0.497 e. The van der Waals surface area contributed by atoms with Crippen molar-refractivity contribution >= 4 is 0 Å². The van der Waals surface area contributed by atoms with Gasteiger partial charge >= 0.3 is 0 Å². The lowest BCUT2D eigenvalue weighted by atomic mass is 9.72. The fraction of sp³-hybridized carbons (Fsp3) is 0.647. The Morgan fingerprint density at radius 1 is 1.25 bits per heavy atom. The van der Waals surface area contributed by atoms with Gasteiger partial charge in [0.25, 0.3) is 0 Å². The minimum absolute atomic E-state index is 0.103. The summed E-state index contributed by atoms with van der Waals surface area (Å²) in [5, 5.41) is 11.3. The Morgan fingerprint density at radius 3 is 2.55 bits per heavy atom. The van der Waals surface area contributed by atoms with Crippen LogP contribution in [0.5, 0.6) is 5.75 Å². The second-order valence-electron chi connectivity index (χ2n) is 5.50. The molecular weight excluding hydrogens is 250 g/mol. The highest BCUT2D eigenvalue weighted by Gasteiger charge is 2.38. The first-order valence-electron chi connectivity index (χ1n) is 11.4. The highest BCUT2D eigenvalue weighted by molar-refractivity contribution is 5.31. The molecule has 1 fully saturated rings. The molecule has 1 atom stereocenters. The van der Waals surface area contributed by atoms with Gasteiger partial charge in [-0.25, -0.2) is 0 Å². The van der Waals surface area contributed by atoms with Gasteiger partial charge in [-0.3, -0.25) is 0 Å². The van der Waals surface area contributed by atoms with E-state index in [2.05, 4.69) is 0 Å². The first-order valence-corrected chi connectivity index (χ1v) is 6.91. The normalized spacial score (nSPS) is 28.4. The van der Waals surface area contributed by atoms with Gasteiger partial charge in [-0.1, -0.05) is 31.4 Å². The van der Waals surface area contributed by atoms with Crippen LogP contribution in [0.25, 0.3) is 0 Å². The summed E-state index contributed by atoms with van der Waals surface area (Å²) in [5.74, 6) is -0.669. The molecule has 0 aliphatic heterocycles. The van der Waals surface area contributed by atoms with E-state index < -0.39 is 32.5 Å². The molecule has 0 aromatic heterocycles. The van der Waals surface area contributed by atoms with Gasteiger partial charge in [0.15, 0.2) is 0 Å². The van der Waals surface area contributed by atoms with Crippen LogP contribution >= 0.6 is 0 Å². The van der Waals surface area contributed by atoms with E-state index in [-0.39, 0.29) is 12.3 Å². The number of hydrogen-bond acceptors (Lipinski definition) is 3. The molecule has 0 amide bonds. The highest BCUT2D eigenvalue weighted by Crippen LogP contribution is 2.40. The molecule has 2 rings (SSSR count). The van der Waals surface area contributed by atoms with E-state index in [0.717, 1.165) is 19.3 Å². The van der Waals surface area contributed by atoms with Crippen molar-refractivity contribution in [3.05, 3.63) is 29.8 Å². The van der Waals surface area contributed by atoms with Gasteiger partial charge in [0, 0.05) is 20.7 Å². The van der Waals surface area contributed by atoms with Gasteiger partial charge in [-0.05, 0) is 44.5 Å². The maximum absolute atomic E-state index is 11.3. The molecular formula is C17H27NO2. The molecule has 0 spiro atoms. The minimum atomic E-state index is -2.86. The lowest BCUT2D eigenvalue weighted by Crippen LogP contribution is -2.42. The van der Waals surface area contributed by atoms with E-state index in [0.29, 0.717) is 23.3 Å². The van der Waals surface area contributed by atoms with Gasteiger partial charge < -0.3 is 14.7 Å². The van der Waals surface area contributed by atoms with Gasteiger partial charge in [0.2, 0.25) is 0 Å². The van der Waals surface area contributed by atoms with Crippen molar-refractivity contribution in [3.8, 4) is 5.75 Å². The molecule has 1 aliphatic rings. The monoisotopic (exact) mass is 286 g/mol. The molecule has 112 valence electrons. The number of methoxy groups -OCH3 is 1. The van der Waals surface area contributed by atoms with Crippen LogP contribution in [0.15, 0.2) is 24.3 Å². The van der Waals surface area contributed by atoms with Gasteiger partial charge in [0.05, 0.1) is 16.8 Å². The average Bonchev–Trinajstić information content (AvgIpc) is 2.53. The summed E-state index contributed by atoms with van der Waals surface area (Å²) >= 11 is 0. The topological polar surface area (TPSA) is 32.7 Å². The SMILES string of the molecule is [2H]C([2H])([2H])Oc1ccc(C(CN(C([2H])([2H])[2H])C([2H])([2H])[2H])C2(O)CCCCC2)cc1. The predicted octanol–water partition coefficient (Wildman–Crippen LogP) is 3.04. The Bertz CT molecular complexity index is 647. The fourth-order valence-corrected chi connectivity index (χ4v) is 3.05. The molecule has 3 nitrogen and oxygen atoms in total. The third kappa shape index (κ3) is 3.53. The van der Waals surface area contributed by atoms with E-state index >= 15 is 0 Å². The van der Waals surface area contributed by atoms with E-state index in [1.807, 2.05) is 0 Å². The van der Waals surface area contributed by atoms with Crippen LogP contribution in [-0.2, 0) is 0 Å². The predicted molar refractivity (Wildman–Crippen MR) is 82.3 cm³/mol. The lowest BCUT2D eigenvalue weighted by Gasteiger charge is -2.40. The van der Waals surface area contributed by atoms with Crippen molar-refractivity contribution in [3.63, 3.8) is 0 Å². The number of likely N-dealkylation sites (N-methyl/N-ethyl adjacent to an activating group) is 1. The Balaban J connectivity index is 2.40. The Hall–Kier alpha value is -1.06. The van der Waals surface area contributed by atoms with Crippen molar-refractivity contribution in [2.45, 2.75) is 43.6 Å². The number of hydrogen-bond donors (Lipinski definition) is 1. The van der Waals surface area contributed by atoms with Crippen molar-refractivity contribution in [2.75, 3.05) is 27.5 Å². The molecule has 1 unspecified atom stereocenters. The molecule has 1 aliphatic carbocycles. The highest BCUT2D eigenvalue weighted by atomic mass is 16.5. The van der Waals surface area contributed by atoms with E-state index in [1.165, 1.54) is 12.1 Å². The lowest BCUT2D eigenvalue weighted by molar-refractivity contribution is -0.0277. The van der Waals surface area contributed by atoms with E-state index in [1.54, 1.807) is 12.1 Å². The summed E-state index contributed by atoms with van der Waals surface area (Å²) in [6.07, 6.45) is 3.33.